The van der Waals surface area contributed by atoms with Gasteiger partial charge < -0.3 is 0 Å². The van der Waals surface area contributed by atoms with Crippen molar-refractivity contribution in [2.75, 3.05) is 0 Å². The molecule has 0 fully saturated rings. The number of allylic oxidation sites excluding steroid dienone is 3. The first-order valence-corrected chi connectivity index (χ1v) is 4.06. The van der Waals surface area contributed by atoms with Gasteiger partial charge in [0.25, 0.3) is 0 Å². The fourth-order valence-electron chi connectivity index (χ4n) is 1.46. The van der Waals surface area contributed by atoms with E-state index in [9.17, 15) is 4.79 Å². The lowest BCUT2D eigenvalue weighted by Gasteiger charge is -2.21. The van der Waals surface area contributed by atoms with E-state index in [0.717, 1.165) is 6.42 Å². The quantitative estimate of drug-likeness (QED) is 0.552. The van der Waals surface area contributed by atoms with Gasteiger partial charge in [0.15, 0.2) is 5.78 Å². The maximum atomic E-state index is 10.9. The minimum Gasteiger partial charge on any atom is -0.295 e. The van der Waals surface area contributed by atoms with Crippen molar-refractivity contribution in [1.29, 1.82) is 0 Å². The molecule has 0 bridgehead atoms. The van der Waals surface area contributed by atoms with E-state index in [0.29, 0.717) is 18.3 Å². The fraction of sp³-hybridized carbons (Fsp3) is 0.500. The second kappa shape index (κ2) is 3.51. The zero-order valence-electron chi connectivity index (χ0n) is 6.92. The predicted molar refractivity (Wildman–Crippen MR) is 46.2 cm³/mol. The highest BCUT2D eigenvalue weighted by atomic mass is 16.1. The molecule has 1 heteroatoms. The Hall–Kier alpha value is -0.850. The van der Waals surface area contributed by atoms with Crippen LogP contribution in [0.25, 0.3) is 0 Å². The van der Waals surface area contributed by atoms with Crippen LogP contribution in [0.3, 0.4) is 0 Å². The second-order valence-electron chi connectivity index (χ2n) is 3.20. The maximum Gasteiger partial charge on any atom is 0.155 e. The van der Waals surface area contributed by atoms with Crippen LogP contribution in [0.5, 0.6) is 0 Å². The van der Waals surface area contributed by atoms with E-state index in [2.05, 4.69) is 13.5 Å². The number of hydrogen-bond acceptors (Lipinski definition) is 1. The normalized spacial score (nSPS) is 30.5. The molecule has 1 rings (SSSR count). The Morgan fingerprint density at radius 3 is 3.09 bits per heavy atom. The van der Waals surface area contributed by atoms with Crippen molar-refractivity contribution in [3.8, 4) is 0 Å². The highest BCUT2D eigenvalue weighted by Crippen LogP contribution is 2.25. The summed E-state index contributed by atoms with van der Waals surface area (Å²) >= 11 is 0. The van der Waals surface area contributed by atoms with Gasteiger partial charge in [-0.2, -0.15) is 0 Å². The van der Waals surface area contributed by atoms with Crippen LogP contribution >= 0.6 is 0 Å². The first-order chi connectivity index (χ1) is 5.24. The van der Waals surface area contributed by atoms with Gasteiger partial charge >= 0.3 is 0 Å². The van der Waals surface area contributed by atoms with Gasteiger partial charge in [-0.1, -0.05) is 19.1 Å². The lowest BCUT2D eigenvalue weighted by atomic mass is 9.83. The molecule has 0 heterocycles. The average molecular weight is 150 g/mol. The number of carbonyl (C=O) groups is 1. The van der Waals surface area contributed by atoms with Gasteiger partial charge in [-0.05, 0) is 24.3 Å². The second-order valence-corrected chi connectivity index (χ2v) is 3.20. The van der Waals surface area contributed by atoms with Crippen LogP contribution in [0.2, 0.25) is 0 Å². The Kier molecular flexibility index (Phi) is 2.64. The van der Waals surface area contributed by atoms with Gasteiger partial charge in [-0.15, -0.1) is 6.58 Å². The predicted octanol–water partition coefficient (Wildman–Crippen LogP) is 2.34. The Labute approximate surface area is 67.8 Å². The molecule has 0 amide bonds. The van der Waals surface area contributed by atoms with E-state index in [-0.39, 0.29) is 5.78 Å². The first-order valence-electron chi connectivity index (χ1n) is 4.06. The van der Waals surface area contributed by atoms with Crippen molar-refractivity contribution in [3.05, 3.63) is 24.8 Å². The molecule has 1 aliphatic rings. The van der Waals surface area contributed by atoms with E-state index in [1.165, 1.54) is 0 Å². The Balaban J connectivity index is 2.60. The lowest BCUT2D eigenvalue weighted by Crippen LogP contribution is -2.17. The summed E-state index contributed by atoms with van der Waals surface area (Å²) in [7, 11) is 0. The van der Waals surface area contributed by atoms with Gasteiger partial charge in [0.2, 0.25) is 0 Å². The third-order valence-electron chi connectivity index (χ3n) is 2.22. The largest absolute Gasteiger partial charge is 0.295 e. The van der Waals surface area contributed by atoms with Crippen molar-refractivity contribution in [2.45, 2.75) is 19.8 Å². The topological polar surface area (TPSA) is 17.1 Å². The summed E-state index contributed by atoms with van der Waals surface area (Å²) in [5.41, 5.74) is 0. The van der Waals surface area contributed by atoms with E-state index < -0.39 is 0 Å². The fourth-order valence-corrected chi connectivity index (χ4v) is 1.46. The van der Waals surface area contributed by atoms with Gasteiger partial charge in [0.05, 0.1) is 0 Å². The molecule has 1 nitrogen and oxygen atoms in total. The van der Waals surface area contributed by atoms with Crippen LogP contribution in [-0.4, -0.2) is 5.78 Å². The molecule has 0 saturated carbocycles. The van der Waals surface area contributed by atoms with Crippen molar-refractivity contribution >= 4 is 5.78 Å². The summed E-state index contributed by atoms with van der Waals surface area (Å²) in [4.78, 5) is 10.9. The van der Waals surface area contributed by atoms with Crippen molar-refractivity contribution in [3.63, 3.8) is 0 Å². The van der Waals surface area contributed by atoms with E-state index in [4.69, 9.17) is 0 Å². The molecule has 0 spiro atoms. The SMILES string of the molecule is C=CCC1C=CC(=O)CC1C. The average Bonchev–Trinajstić information content (AvgIpc) is 1.95. The van der Waals surface area contributed by atoms with Crippen LogP contribution in [0.1, 0.15) is 19.8 Å². The molecule has 0 aliphatic heterocycles. The van der Waals surface area contributed by atoms with Crippen molar-refractivity contribution < 1.29 is 4.79 Å². The molecular weight excluding hydrogens is 136 g/mol. The molecule has 0 N–H and O–H groups in total. The molecule has 0 aromatic rings. The highest BCUT2D eigenvalue weighted by Gasteiger charge is 2.19. The van der Waals surface area contributed by atoms with E-state index in [1.54, 1.807) is 6.08 Å². The third-order valence-corrected chi connectivity index (χ3v) is 2.22. The molecule has 0 saturated heterocycles. The number of rotatable bonds is 2. The van der Waals surface area contributed by atoms with Crippen LogP contribution in [-0.2, 0) is 4.79 Å². The number of carbonyl (C=O) groups excluding carboxylic acids is 1. The van der Waals surface area contributed by atoms with Crippen LogP contribution in [0.4, 0.5) is 0 Å². The summed E-state index contributed by atoms with van der Waals surface area (Å²) in [6.07, 6.45) is 7.33. The summed E-state index contributed by atoms with van der Waals surface area (Å²) < 4.78 is 0. The zero-order valence-corrected chi connectivity index (χ0v) is 6.92. The molecule has 60 valence electrons. The van der Waals surface area contributed by atoms with Gasteiger partial charge in [0, 0.05) is 6.42 Å². The summed E-state index contributed by atoms with van der Waals surface area (Å²) in [6, 6.07) is 0. The number of hydrogen-bond donors (Lipinski definition) is 0. The number of ketones is 1. The molecule has 0 aromatic heterocycles. The monoisotopic (exact) mass is 150 g/mol. The summed E-state index contributed by atoms with van der Waals surface area (Å²) in [6.45, 7) is 5.81. The molecule has 2 atom stereocenters. The Bertz CT molecular complexity index is 191. The van der Waals surface area contributed by atoms with E-state index in [1.807, 2.05) is 12.2 Å². The molecule has 1 aliphatic carbocycles. The standard InChI is InChI=1S/C10H14O/c1-3-4-9-5-6-10(11)7-8(9)2/h3,5-6,8-9H,1,4,7H2,2H3. The van der Waals surface area contributed by atoms with Crippen LogP contribution in [0.15, 0.2) is 24.8 Å². The van der Waals surface area contributed by atoms with Crippen molar-refractivity contribution in [1.82, 2.24) is 0 Å². The Morgan fingerprint density at radius 1 is 1.82 bits per heavy atom. The summed E-state index contributed by atoms with van der Waals surface area (Å²) in [5, 5.41) is 0. The third kappa shape index (κ3) is 2.04. The highest BCUT2D eigenvalue weighted by molar-refractivity contribution is 5.90. The van der Waals surface area contributed by atoms with Crippen LogP contribution < -0.4 is 0 Å². The van der Waals surface area contributed by atoms with Crippen molar-refractivity contribution in [2.24, 2.45) is 11.8 Å². The molecule has 11 heavy (non-hydrogen) atoms. The molecule has 2 unspecified atom stereocenters. The van der Waals surface area contributed by atoms with Crippen LogP contribution in [0, 0.1) is 11.8 Å². The Morgan fingerprint density at radius 2 is 2.55 bits per heavy atom. The maximum absolute atomic E-state index is 10.9. The first kappa shape index (κ1) is 8.25. The minimum absolute atomic E-state index is 0.262. The minimum atomic E-state index is 0.262. The van der Waals surface area contributed by atoms with E-state index >= 15 is 0 Å². The van der Waals surface area contributed by atoms with Gasteiger partial charge in [-0.25, -0.2) is 0 Å². The summed E-state index contributed by atoms with van der Waals surface area (Å²) in [5.74, 6) is 1.29. The zero-order chi connectivity index (χ0) is 8.27. The van der Waals surface area contributed by atoms with Gasteiger partial charge in [0.1, 0.15) is 0 Å². The van der Waals surface area contributed by atoms with Gasteiger partial charge in [-0.3, -0.25) is 4.79 Å². The molecular formula is C10H14O. The molecule has 0 radical (unpaired) electrons. The lowest BCUT2D eigenvalue weighted by molar-refractivity contribution is -0.116. The smallest absolute Gasteiger partial charge is 0.155 e. The molecule has 0 aromatic carbocycles.